The summed E-state index contributed by atoms with van der Waals surface area (Å²) in [6.07, 6.45) is 16.2. The van der Waals surface area contributed by atoms with Crippen LogP contribution >= 0.6 is 12.4 Å². The van der Waals surface area contributed by atoms with Crippen LogP contribution < -0.4 is 55.3 Å². The van der Waals surface area contributed by atoms with Crippen molar-refractivity contribution in [3.05, 3.63) is 240 Å². The maximum Gasteiger partial charge on any atom is 0.407 e. The van der Waals surface area contributed by atoms with Gasteiger partial charge in [0.15, 0.2) is 0 Å². The second-order valence-corrected chi connectivity index (χ2v) is 37.9. The first-order valence-electron chi connectivity index (χ1n) is 46.3. The van der Waals surface area contributed by atoms with Crippen molar-refractivity contribution in [3.8, 4) is 44.5 Å². The lowest BCUT2D eigenvalue weighted by molar-refractivity contribution is 0.0481. The predicted octanol–water partition coefficient (Wildman–Crippen LogP) is 19.9. The number of aliphatic hydroxyl groups is 1. The summed E-state index contributed by atoms with van der Waals surface area (Å²) in [4.78, 5) is 85.0. The van der Waals surface area contributed by atoms with E-state index < -0.39 is 17.2 Å². The highest BCUT2D eigenvalue weighted by molar-refractivity contribution is 6.01. The summed E-state index contributed by atoms with van der Waals surface area (Å²) in [5.41, 5.74) is 41.6. The van der Waals surface area contributed by atoms with Crippen LogP contribution in [0.4, 0.5) is 27.2 Å². The number of aliphatic hydroxyl groups excluding tert-OH is 1. The van der Waals surface area contributed by atoms with Crippen LogP contribution in [-0.2, 0) is 9.47 Å². The van der Waals surface area contributed by atoms with Crippen LogP contribution in [0.5, 0.6) is 0 Å². The normalized spacial score (nSPS) is 15.2. The number of ether oxygens (including phenoxy) is 2. The molecular weight excluding hydrogens is 1730 g/mol. The highest BCUT2D eigenvalue weighted by Crippen LogP contribution is 2.39. The number of benzene rings is 8. The molecule has 0 radical (unpaired) electrons. The third-order valence-electron chi connectivity index (χ3n) is 24.2. The summed E-state index contributed by atoms with van der Waals surface area (Å²) in [6, 6.07) is 56.2. The summed E-state index contributed by atoms with van der Waals surface area (Å²) >= 11 is 0. The number of hydrogen-bond acceptors (Lipinski definition) is 14. The van der Waals surface area contributed by atoms with Gasteiger partial charge in [0.05, 0.1) is 0 Å². The van der Waals surface area contributed by atoms with E-state index in [-0.39, 0.29) is 113 Å². The van der Waals surface area contributed by atoms with Crippen molar-refractivity contribution in [2.45, 2.75) is 206 Å². The quantitative estimate of drug-likeness (QED) is 0.0170. The fourth-order valence-electron chi connectivity index (χ4n) is 15.7. The third-order valence-corrected chi connectivity index (χ3v) is 24.2. The van der Waals surface area contributed by atoms with Crippen molar-refractivity contribution in [3.63, 3.8) is 0 Å². The van der Waals surface area contributed by atoms with Gasteiger partial charge >= 0.3 is 18.2 Å². The van der Waals surface area contributed by atoms with E-state index in [0.29, 0.717) is 72.9 Å². The molecular formula is C105H133ClF4N14O10. The van der Waals surface area contributed by atoms with Gasteiger partial charge in [-0.1, -0.05) is 111 Å². The first-order chi connectivity index (χ1) is 63.5. The second-order valence-electron chi connectivity index (χ2n) is 37.9. The third kappa shape index (κ3) is 33.0. The molecule has 4 heterocycles. The number of carbonyl (C=O) groups excluding carboxylic acids is 5. The number of nitrogens with two attached hydrogens (primary N) is 5. The lowest BCUT2D eigenvalue weighted by atomic mass is 9.99. The van der Waals surface area contributed by atoms with E-state index in [0.717, 1.165) is 159 Å². The van der Waals surface area contributed by atoms with Crippen LogP contribution in [0, 0.1) is 58.8 Å². The number of aromatic carboxylic acids is 1. The Morgan fingerprint density at radius 1 is 0.366 bits per heavy atom. The molecule has 8 atom stereocenters. The first-order valence-corrected chi connectivity index (χ1v) is 46.3. The highest BCUT2D eigenvalue weighted by atomic mass is 35.5. The van der Waals surface area contributed by atoms with Gasteiger partial charge in [0.1, 0.15) is 57.2 Å². The van der Waals surface area contributed by atoms with Crippen LogP contribution in [0.2, 0.25) is 0 Å². The topological polar surface area (TPSA) is 415 Å². The van der Waals surface area contributed by atoms with E-state index in [1.807, 2.05) is 133 Å². The summed E-state index contributed by atoms with van der Waals surface area (Å²) in [7, 11) is 1.00. The molecule has 0 saturated heterocycles. The summed E-state index contributed by atoms with van der Waals surface area (Å²) in [5.74, 6) is 0.732. The fourth-order valence-corrected chi connectivity index (χ4v) is 15.7. The van der Waals surface area contributed by atoms with Crippen LogP contribution in [0.25, 0.3) is 88.1 Å². The van der Waals surface area contributed by atoms with Crippen LogP contribution in [0.15, 0.2) is 194 Å². The predicted molar refractivity (Wildman–Crippen MR) is 528 cm³/mol. The van der Waals surface area contributed by atoms with E-state index >= 15 is 0 Å². The Bertz CT molecular complexity index is 5660. The number of H-pyrrole nitrogens is 4. The van der Waals surface area contributed by atoms with Crippen LogP contribution in [-0.4, -0.2) is 147 Å². The van der Waals surface area contributed by atoms with Gasteiger partial charge in [0.25, 0.3) is 17.7 Å². The van der Waals surface area contributed by atoms with E-state index in [4.69, 9.17) is 48.4 Å². The molecule has 0 spiro atoms. The molecule has 24 nitrogen and oxygen atoms in total. The number of nitrogens with one attached hydrogen (secondary N) is 9. The summed E-state index contributed by atoms with van der Waals surface area (Å²) < 4.78 is 63.1. The number of carbonyl (C=O) groups is 6. The molecule has 4 aromatic heterocycles. The largest absolute Gasteiger partial charge is 0.477 e. The molecule has 4 unspecified atom stereocenters. The number of carboxylic acid groups (broad SMARTS) is 1. The number of rotatable bonds is 33. The van der Waals surface area contributed by atoms with Gasteiger partial charge in [-0.15, -0.1) is 12.4 Å². The van der Waals surface area contributed by atoms with E-state index in [2.05, 4.69) is 60.4 Å². The Labute approximate surface area is 787 Å². The number of hydrogen-bond donors (Lipinski definition) is 16. The van der Waals surface area contributed by atoms with Crippen molar-refractivity contribution < 1.29 is 66.0 Å². The average molecular weight is 1860 g/mol. The zero-order valence-corrected chi connectivity index (χ0v) is 78.8. The Hall–Kier alpha value is -11.9. The molecule has 5 amide bonds. The molecule has 0 aliphatic heterocycles. The lowest BCUT2D eigenvalue weighted by Gasteiger charge is -2.24. The molecule has 4 aliphatic carbocycles. The molecule has 21 N–H and O–H groups in total. The second kappa shape index (κ2) is 48.9. The fraction of sp³-hybridized carbons (Fsp3) is 0.410. The SMILES string of the molecule is CO.C[C@@H](CCC(NC(=O)OC(C)(C)C)C1CC1)CNC(=O)c1cc2ccc(-c3ccc(F)cc3)cc2[nH]1.C[C@H](CN)CCC(NC(=O)OC(C)(C)C)C1CC1.Cl.NC(CC[C@H](N)CNC(=O)c1cc2ccc(-c3ccc(F)cc3)cc2[nH]1)C1CC1.NC(CC[C@H](N)CNC(=O)c1cc2ccc(-c3ccc(F)cc3)cc2[nH]1)C1CC1.O=C(O)c1cc2ccc(-c3ccc(F)cc3)cc2[nH]1. The summed E-state index contributed by atoms with van der Waals surface area (Å²) in [5, 5.41) is 34.5. The first kappa shape index (κ1) is 104. The van der Waals surface area contributed by atoms with Crippen LogP contribution in [0.3, 0.4) is 0 Å². The van der Waals surface area contributed by atoms with Crippen molar-refractivity contribution in [1.82, 2.24) is 46.5 Å². The van der Waals surface area contributed by atoms with Gasteiger partial charge < -0.3 is 94.9 Å². The maximum absolute atomic E-state index is 13.2. The standard InChI is InChI=1S/C29H36FN3O3.2C23H27FN4O.C15H10FNO2.C14H28N2O2.CH4O.ClH/c1-18(5-14-24(20-6-7-20)33-28(35)36-29(2,3)4)17-31-27(34)26-16-22-9-8-21(15-25(22)32-26)19-10-12-23(30)13-11-19;2*24-18-7-5-14(6-8-18)16-3-4-17-12-22(28-21(17)11-16)23(29)27-13-19(25)9-10-20(26)15-1-2-15;16-12-5-3-9(4-6-12)10-1-2-11-8-14(15(18)19)17-13(11)7-10;1-10(9-15)5-8-12(11-6-7-11)16-13(17)18-14(2,3)4;1-2;/h8-13,15-16,18,20,24,32H,5-7,14,17H2,1-4H3,(H,31,34)(H,33,35);2*3-8,11-12,15,19-20,28H,1-2,9-10,13,25-26H2,(H,27,29);1-8,17H,(H,18,19);10-12H,5-9,15H2,1-4H3,(H,16,17);2H,1H3;1H/t18-,24?;2*19-,20?;;10-,12?;;/m000.0../s1. The molecule has 29 heteroatoms. The molecule has 0 bridgehead atoms. The average Bonchev–Trinajstić information content (AvgIpc) is 1.67. The van der Waals surface area contributed by atoms with Crippen LogP contribution in [0.1, 0.15) is 200 Å². The Kier molecular flexibility index (Phi) is 38.0. The maximum atomic E-state index is 13.2. The van der Waals surface area contributed by atoms with Gasteiger partial charge in [-0.2, -0.15) is 0 Å². The molecule has 134 heavy (non-hydrogen) atoms. The van der Waals surface area contributed by atoms with E-state index in [1.165, 1.54) is 87.1 Å². The minimum Gasteiger partial charge on any atom is -0.477 e. The molecule has 16 rings (SSSR count). The molecule has 4 aliphatic rings. The van der Waals surface area contributed by atoms with Gasteiger partial charge in [0.2, 0.25) is 0 Å². The molecule has 4 fully saturated rings. The minimum absolute atomic E-state index is 0. The minimum atomic E-state index is -0.987. The highest BCUT2D eigenvalue weighted by Gasteiger charge is 2.36. The number of aromatic nitrogens is 4. The van der Waals surface area contributed by atoms with Gasteiger partial charge in [-0.05, 0) is 328 Å². The monoisotopic (exact) mass is 1860 g/mol. The molecule has 718 valence electrons. The summed E-state index contributed by atoms with van der Waals surface area (Å²) in [6.45, 7) is 17.6. The van der Waals surface area contributed by atoms with Crippen molar-refractivity contribution in [2.75, 3.05) is 33.3 Å². The molecule has 4 saturated carbocycles. The van der Waals surface area contributed by atoms with E-state index in [9.17, 15) is 46.3 Å². The van der Waals surface area contributed by atoms with Crippen molar-refractivity contribution in [2.24, 2.45) is 64.2 Å². The zero-order valence-electron chi connectivity index (χ0n) is 78.0. The lowest BCUT2D eigenvalue weighted by Crippen LogP contribution is -2.40. The Morgan fingerprint density at radius 3 is 0.896 bits per heavy atom. The van der Waals surface area contributed by atoms with E-state index in [1.54, 1.807) is 54.6 Å². The number of alkyl carbamates (subject to hydrolysis) is 2. The number of amides is 5. The smallest absolute Gasteiger partial charge is 0.407 e. The molecule has 8 aromatic carbocycles. The van der Waals surface area contributed by atoms with Gasteiger partial charge in [-0.3, -0.25) is 14.4 Å². The Balaban J connectivity index is 0.000000176. The zero-order chi connectivity index (χ0) is 95.8. The number of fused-ring (bicyclic) bond motifs is 4. The van der Waals surface area contributed by atoms with Gasteiger partial charge in [-0.25, -0.2) is 31.9 Å². The van der Waals surface area contributed by atoms with Crippen molar-refractivity contribution in [1.29, 1.82) is 0 Å². The van der Waals surface area contributed by atoms with Crippen molar-refractivity contribution >= 4 is 91.9 Å². The number of carboxylic acids is 1. The number of aromatic amines is 4. The Morgan fingerprint density at radius 2 is 0.627 bits per heavy atom. The number of halogens is 5. The molecule has 12 aromatic rings. The van der Waals surface area contributed by atoms with Gasteiger partial charge in [0, 0.05) is 107 Å².